The molecule has 0 unspecified atom stereocenters. The van der Waals surface area contributed by atoms with Crippen LogP contribution in [0.2, 0.25) is 0 Å². The molecule has 0 bridgehead atoms. The lowest BCUT2D eigenvalue weighted by Gasteiger charge is -2.25. The molecule has 2 saturated heterocycles. The second kappa shape index (κ2) is 11.5. The van der Waals surface area contributed by atoms with Gasteiger partial charge < -0.3 is 25.3 Å². The molecular formula is C28H33N7O4. The minimum absolute atomic E-state index is 0.0308. The minimum Gasteiger partial charge on any atom is -0.461 e. The van der Waals surface area contributed by atoms with Crippen LogP contribution in [0.5, 0.6) is 0 Å². The van der Waals surface area contributed by atoms with Gasteiger partial charge in [-0.15, -0.1) is 0 Å². The number of nitrogens with two attached hydrogens (primary N) is 1. The van der Waals surface area contributed by atoms with E-state index in [4.69, 9.17) is 10.2 Å². The molecule has 0 aliphatic carbocycles. The number of nitrogens with one attached hydrogen (secondary N) is 2. The second-order valence-corrected chi connectivity index (χ2v) is 10.00. The molecule has 3 amide bonds. The third-order valence-corrected chi connectivity index (χ3v) is 7.00. The molecule has 11 nitrogen and oxygen atoms in total. The average molecular weight is 532 g/mol. The number of nitrogen functional groups attached to an aromatic ring is 1. The highest BCUT2D eigenvalue weighted by molar-refractivity contribution is 6.10. The average Bonchev–Trinajstić information content (AvgIpc) is 3.55. The molecule has 0 saturated carbocycles. The maximum Gasteiger partial charge on any atom is 0.259 e. The molecule has 4 N–H and O–H groups in total. The van der Waals surface area contributed by atoms with Gasteiger partial charge in [0.1, 0.15) is 23.2 Å². The minimum atomic E-state index is -0.744. The summed E-state index contributed by atoms with van der Waals surface area (Å²) in [6.45, 7) is 3.91. The number of rotatable bonds is 5. The van der Waals surface area contributed by atoms with E-state index in [2.05, 4.69) is 20.6 Å². The van der Waals surface area contributed by atoms with E-state index in [1.807, 2.05) is 36.1 Å². The summed E-state index contributed by atoms with van der Waals surface area (Å²) in [6, 6.07) is 9.81. The molecule has 0 spiro atoms. The van der Waals surface area contributed by atoms with Crippen molar-refractivity contribution in [2.24, 2.45) is 4.99 Å². The zero-order valence-electron chi connectivity index (χ0n) is 22.0. The van der Waals surface area contributed by atoms with Crippen molar-refractivity contribution in [2.75, 3.05) is 37.2 Å². The summed E-state index contributed by atoms with van der Waals surface area (Å²) in [5.74, 6) is 0.515. The number of likely N-dealkylation sites (tertiary alicyclic amines) is 2. The van der Waals surface area contributed by atoms with E-state index in [1.165, 1.54) is 6.20 Å². The number of fused-ring (bicyclic) bond motifs is 1. The van der Waals surface area contributed by atoms with Gasteiger partial charge in [0.15, 0.2) is 0 Å². The number of amides is 3. The van der Waals surface area contributed by atoms with Crippen molar-refractivity contribution >= 4 is 46.2 Å². The van der Waals surface area contributed by atoms with Crippen LogP contribution in [0.25, 0.3) is 11.0 Å². The number of guanidine groups is 1. The summed E-state index contributed by atoms with van der Waals surface area (Å²) in [4.78, 5) is 51.4. The Labute approximate surface area is 226 Å². The van der Waals surface area contributed by atoms with Crippen molar-refractivity contribution < 1.29 is 18.8 Å². The van der Waals surface area contributed by atoms with Gasteiger partial charge >= 0.3 is 0 Å². The van der Waals surface area contributed by atoms with Gasteiger partial charge in [-0.2, -0.15) is 0 Å². The molecule has 39 heavy (non-hydrogen) atoms. The fraction of sp³-hybridized carbons (Fsp3) is 0.393. The maximum atomic E-state index is 13.5. The molecule has 1 aromatic carbocycles. The largest absolute Gasteiger partial charge is 0.461 e. The van der Waals surface area contributed by atoms with E-state index >= 15 is 0 Å². The zero-order valence-corrected chi connectivity index (χ0v) is 22.0. The van der Waals surface area contributed by atoms with E-state index in [0.717, 1.165) is 55.5 Å². The number of hydrogen-bond donors (Lipinski definition) is 3. The number of aliphatic imine (C=N–C) groups is 1. The standard InChI is InChI=1S/C28H33N7O4/c1-18-14-20-15-21(8-9-23(20)39-18)31-28(33-26(37)19-7-10-24(29)30-16-19)32-22-6-2-3-13-35(27(22)38)17-25(36)34-11-4-5-12-34/h7-10,14-16,22H,2-6,11-13,17H2,1H3,(H2,29,30)(H2,31,32,33,37)/t22-/m0/s1. The van der Waals surface area contributed by atoms with Gasteiger partial charge in [0.05, 0.1) is 12.1 Å². The molecule has 2 fully saturated rings. The number of aryl methyl sites for hydroxylation is 1. The van der Waals surface area contributed by atoms with E-state index in [-0.39, 0.29) is 24.3 Å². The summed E-state index contributed by atoms with van der Waals surface area (Å²) in [5, 5.41) is 6.85. The summed E-state index contributed by atoms with van der Waals surface area (Å²) in [5.41, 5.74) is 7.37. The van der Waals surface area contributed by atoms with Crippen LogP contribution < -0.4 is 16.4 Å². The summed E-state index contributed by atoms with van der Waals surface area (Å²) < 4.78 is 5.66. The molecule has 2 aromatic heterocycles. The van der Waals surface area contributed by atoms with Crippen LogP contribution in [0, 0.1) is 6.92 Å². The van der Waals surface area contributed by atoms with Crippen molar-refractivity contribution in [3.05, 3.63) is 53.9 Å². The summed E-state index contributed by atoms with van der Waals surface area (Å²) in [6.07, 6.45) is 5.44. The predicted octanol–water partition coefficient (Wildman–Crippen LogP) is 2.92. The molecule has 11 heteroatoms. The number of hydrogen-bond acceptors (Lipinski definition) is 7. The molecule has 2 aliphatic heterocycles. The van der Waals surface area contributed by atoms with Crippen LogP contribution >= 0.6 is 0 Å². The molecule has 1 atom stereocenters. The highest BCUT2D eigenvalue weighted by Gasteiger charge is 2.30. The number of benzene rings is 1. The van der Waals surface area contributed by atoms with Crippen molar-refractivity contribution in [3.8, 4) is 0 Å². The highest BCUT2D eigenvalue weighted by atomic mass is 16.3. The van der Waals surface area contributed by atoms with Gasteiger partial charge in [-0.05, 0) is 75.4 Å². The van der Waals surface area contributed by atoms with E-state index in [1.54, 1.807) is 17.0 Å². The molecule has 3 aromatic rings. The molecular weight excluding hydrogens is 498 g/mol. The Kier molecular flexibility index (Phi) is 7.76. The monoisotopic (exact) mass is 531 g/mol. The topological polar surface area (TPSA) is 146 Å². The van der Waals surface area contributed by atoms with Crippen molar-refractivity contribution in [1.82, 2.24) is 20.1 Å². The first-order valence-electron chi connectivity index (χ1n) is 13.3. The quantitative estimate of drug-likeness (QED) is 0.339. The fourth-order valence-corrected chi connectivity index (χ4v) is 4.95. The Balaban J connectivity index is 1.39. The Morgan fingerprint density at radius 3 is 2.67 bits per heavy atom. The Morgan fingerprint density at radius 1 is 1.10 bits per heavy atom. The van der Waals surface area contributed by atoms with Crippen LogP contribution in [0.1, 0.15) is 48.2 Å². The Morgan fingerprint density at radius 2 is 1.90 bits per heavy atom. The lowest BCUT2D eigenvalue weighted by molar-refractivity contribution is -0.140. The van der Waals surface area contributed by atoms with Crippen LogP contribution in [0.3, 0.4) is 0 Å². The van der Waals surface area contributed by atoms with Gasteiger partial charge in [-0.1, -0.05) is 0 Å². The van der Waals surface area contributed by atoms with Crippen molar-refractivity contribution in [2.45, 2.75) is 45.1 Å². The van der Waals surface area contributed by atoms with Gasteiger partial charge in [-0.3, -0.25) is 19.7 Å². The Hall–Kier alpha value is -4.41. The molecule has 204 valence electrons. The number of nitrogens with zero attached hydrogens (tertiary/aromatic N) is 4. The number of pyridine rings is 1. The third kappa shape index (κ3) is 6.36. The predicted molar refractivity (Wildman–Crippen MR) is 148 cm³/mol. The lowest BCUT2D eigenvalue weighted by Crippen LogP contribution is -2.45. The molecule has 5 rings (SSSR count). The maximum absolute atomic E-state index is 13.5. The first-order valence-corrected chi connectivity index (χ1v) is 13.3. The van der Waals surface area contributed by atoms with Crippen LogP contribution in [0.15, 0.2) is 52.0 Å². The smallest absolute Gasteiger partial charge is 0.259 e. The fourth-order valence-electron chi connectivity index (χ4n) is 4.95. The SMILES string of the molecule is Cc1cc2cc(NC(=N[C@H]3CCCCN(CC(=O)N4CCCC4)C3=O)NC(=O)c3ccc(N)nc3)ccc2o1. The van der Waals surface area contributed by atoms with Crippen LogP contribution in [-0.2, 0) is 9.59 Å². The van der Waals surface area contributed by atoms with Gasteiger partial charge in [-0.25, -0.2) is 9.98 Å². The number of furan rings is 1. The number of anilines is 2. The first kappa shape index (κ1) is 26.2. The summed E-state index contributed by atoms with van der Waals surface area (Å²) >= 11 is 0. The van der Waals surface area contributed by atoms with E-state index in [9.17, 15) is 14.4 Å². The third-order valence-electron chi connectivity index (χ3n) is 7.00. The molecule has 2 aliphatic rings. The zero-order chi connectivity index (χ0) is 27.4. The van der Waals surface area contributed by atoms with E-state index in [0.29, 0.717) is 30.0 Å². The van der Waals surface area contributed by atoms with Crippen molar-refractivity contribution in [3.63, 3.8) is 0 Å². The van der Waals surface area contributed by atoms with Crippen LogP contribution in [0.4, 0.5) is 11.5 Å². The number of carbonyl (C=O) groups is 3. The van der Waals surface area contributed by atoms with Gasteiger partial charge in [0.25, 0.3) is 5.91 Å². The highest BCUT2D eigenvalue weighted by Crippen LogP contribution is 2.23. The number of aromatic nitrogens is 1. The lowest BCUT2D eigenvalue weighted by atomic mass is 10.1. The molecule has 0 radical (unpaired) electrons. The second-order valence-electron chi connectivity index (χ2n) is 10.00. The van der Waals surface area contributed by atoms with Crippen molar-refractivity contribution in [1.29, 1.82) is 0 Å². The van der Waals surface area contributed by atoms with Crippen LogP contribution in [-0.4, -0.2) is 70.7 Å². The molecule has 4 heterocycles. The summed E-state index contributed by atoms with van der Waals surface area (Å²) in [7, 11) is 0. The van der Waals surface area contributed by atoms with E-state index < -0.39 is 11.9 Å². The van der Waals surface area contributed by atoms with Gasteiger partial charge in [0.2, 0.25) is 17.8 Å². The normalized spacial score (nSPS) is 18.3. The first-order chi connectivity index (χ1) is 18.9. The van der Waals surface area contributed by atoms with Gasteiger partial charge in [0, 0.05) is 36.9 Å². The number of carbonyl (C=O) groups excluding carboxylic acids is 3. The Bertz CT molecular complexity index is 1390.